The van der Waals surface area contributed by atoms with Gasteiger partial charge in [-0.25, -0.2) is 4.79 Å². The van der Waals surface area contributed by atoms with Crippen LogP contribution in [0.3, 0.4) is 0 Å². The molecule has 0 spiro atoms. The second kappa shape index (κ2) is 21.2. The number of carbonyl (C=O) groups is 4. The third-order valence-electron chi connectivity index (χ3n) is 5.79. The number of unbranched alkanes of at least 4 members (excludes halogenated alkanes) is 9. The van der Waals surface area contributed by atoms with Gasteiger partial charge in [0.15, 0.2) is 5.60 Å². The Balaban J connectivity index is 5.57. The summed E-state index contributed by atoms with van der Waals surface area (Å²) in [5.41, 5.74) is -1.90. The first kappa shape index (κ1) is 34.0. The first-order valence-electron chi connectivity index (χ1n) is 13.9. The van der Waals surface area contributed by atoms with Crippen molar-refractivity contribution in [3.63, 3.8) is 0 Å². The summed E-state index contributed by atoms with van der Waals surface area (Å²) in [5.74, 6) is -3.60. The van der Waals surface area contributed by atoms with Gasteiger partial charge < -0.3 is 18.9 Å². The van der Waals surface area contributed by atoms with E-state index in [0.717, 1.165) is 64.2 Å². The van der Waals surface area contributed by atoms with E-state index in [-0.39, 0.29) is 19.8 Å². The molecule has 0 aliphatic rings. The van der Waals surface area contributed by atoms with Gasteiger partial charge in [0.2, 0.25) is 0 Å². The van der Waals surface area contributed by atoms with E-state index in [9.17, 15) is 19.2 Å². The maximum atomic E-state index is 13.3. The van der Waals surface area contributed by atoms with Gasteiger partial charge in [-0.05, 0) is 19.3 Å². The summed E-state index contributed by atoms with van der Waals surface area (Å²) in [6.07, 6.45) is 9.89. The molecule has 0 aromatic heterocycles. The lowest BCUT2D eigenvalue weighted by Crippen LogP contribution is -2.48. The molecule has 8 heteroatoms. The molecule has 0 aromatic rings. The summed E-state index contributed by atoms with van der Waals surface area (Å²) in [6.45, 7) is 10.0. The van der Waals surface area contributed by atoms with Gasteiger partial charge >= 0.3 is 23.9 Å². The Bertz CT molecular complexity index is 631. The highest BCUT2D eigenvalue weighted by molar-refractivity contribution is 5.93. The van der Waals surface area contributed by atoms with Gasteiger partial charge in [-0.15, -0.1) is 0 Å². The van der Waals surface area contributed by atoms with E-state index in [1.165, 1.54) is 0 Å². The van der Waals surface area contributed by atoms with Crippen LogP contribution < -0.4 is 0 Å². The van der Waals surface area contributed by atoms with Crippen LogP contribution in [0, 0.1) is 5.92 Å². The largest absolute Gasteiger partial charge is 0.466 e. The molecule has 0 aromatic carbocycles. The lowest BCUT2D eigenvalue weighted by molar-refractivity contribution is -0.187. The summed E-state index contributed by atoms with van der Waals surface area (Å²) in [6, 6.07) is 0. The molecule has 0 fully saturated rings. The number of hydrogen-bond acceptors (Lipinski definition) is 8. The maximum absolute atomic E-state index is 13.3. The van der Waals surface area contributed by atoms with Crippen molar-refractivity contribution in [1.29, 1.82) is 0 Å². The molecular weight excluding hydrogens is 464 g/mol. The minimum atomic E-state index is -1.90. The van der Waals surface area contributed by atoms with Crippen molar-refractivity contribution < 1.29 is 38.1 Å². The number of hydrogen-bond donors (Lipinski definition) is 0. The van der Waals surface area contributed by atoms with Crippen LogP contribution >= 0.6 is 0 Å². The lowest BCUT2D eigenvalue weighted by atomic mass is 9.94. The molecule has 0 rings (SSSR count). The number of rotatable bonds is 22. The van der Waals surface area contributed by atoms with Gasteiger partial charge in [0.1, 0.15) is 0 Å². The average molecular weight is 515 g/mol. The first-order valence-corrected chi connectivity index (χ1v) is 13.9. The summed E-state index contributed by atoms with van der Waals surface area (Å²) in [5, 5.41) is 0. The Morgan fingerprint density at radius 3 is 1.58 bits per heavy atom. The molecule has 0 aliphatic carbocycles. The third kappa shape index (κ3) is 15.9. The Morgan fingerprint density at radius 2 is 1.08 bits per heavy atom. The second-order valence-corrected chi connectivity index (χ2v) is 9.68. The van der Waals surface area contributed by atoms with Crippen LogP contribution in [0.2, 0.25) is 0 Å². The minimum absolute atomic E-state index is 0.159. The molecule has 0 N–H and O–H groups in total. The quantitative estimate of drug-likeness (QED) is 0.0741. The SMILES string of the molecule is CCCCCCOC(=O)CC(CC(=O)OC(=O)C(C)C)(OCCCCCC)C(=O)OCCCCCC. The van der Waals surface area contributed by atoms with Crippen LogP contribution in [-0.4, -0.2) is 49.3 Å². The van der Waals surface area contributed by atoms with Crippen LogP contribution in [0.1, 0.15) is 125 Å². The fraction of sp³-hybridized carbons (Fsp3) is 0.857. The van der Waals surface area contributed by atoms with Crippen molar-refractivity contribution >= 4 is 23.9 Å². The highest BCUT2D eigenvalue weighted by Gasteiger charge is 2.47. The van der Waals surface area contributed by atoms with Crippen molar-refractivity contribution in [1.82, 2.24) is 0 Å². The molecular formula is C28H50O8. The molecule has 1 atom stereocenters. The molecule has 0 heterocycles. The molecule has 8 nitrogen and oxygen atoms in total. The van der Waals surface area contributed by atoms with Crippen LogP contribution in [0.25, 0.3) is 0 Å². The number of ether oxygens (including phenoxy) is 4. The smallest absolute Gasteiger partial charge is 0.339 e. The summed E-state index contributed by atoms with van der Waals surface area (Å²) >= 11 is 0. The summed E-state index contributed by atoms with van der Waals surface area (Å²) in [4.78, 5) is 50.6. The fourth-order valence-electron chi connectivity index (χ4n) is 3.49. The van der Waals surface area contributed by atoms with E-state index in [4.69, 9.17) is 18.9 Å². The van der Waals surface area contributed by atoms with Crippen molar-refractivity contribution in [2.75, 3.05) is 19.8 Å². The van der Waals surface area contributed by atoms with Crippen molar-refractivity contribution in [3.05, 3.63) is 0 Å². The van der Waals surface area contributed by atoms with E-state index in [1.54, 1.807) is 13.8 Å². The highest BCUT2D eigenvalue weighted by atomic mass is 16.6. The number of esters is 4. The standard InChI is InChI=1S/C28H50O8/c1-6-9-12-15-18-33-24(29)21-28(35-20-17-14-11-8-3,22-25(30)36-26(31)23(4)5)27(32)34-19-16-13-10-7-2/h23H,6-22H2,1-5H3. The predicted molar refractivity (Wildman–Crippen MR) is 138 cm³/mol. The van der Waals surface area contributed by atoms with Crippen molar-refractivity contribution in [2.45, 2.75) is 130 Å². The molecule has 36 heavy (non-hydrogen) atoms. The van der Waals surface area contributed by atoms with Crippen LogP contribution in [0.5, 0.6) is 0 Å². The van der Waals surface area contributed by atoms with Crippen LogP contribution in [-0.2, 0) is 38.1 Å². The molecule has 1 unspecified atom stereocenters. The van der Waals surface area contributed by atoms with Crippen molar-refractivity contribution in [2.24, 2.45) is 5.92 Å². The molecule has 0 saturated heterocycles. The molecule has 0 radical (unpaired) electrons. The van der Waals surface area contributed by atoms with Crippen LogP contribution in [0.4, 0.5) is 0 Å². The fourth-order valence-corrected chi connectivity index (χ4v) is 3.49. The van der Waals surface area contributed by atoms with E-state index in [1.807, 2.05) is 0 Å². The lowest BCUT2D eigenvalue weighted by Gasteiger charge is -2.30. The van der Waals surface area contributed by atoms with Gasteiger partial charge in [0, 0.05) is 6.61 Å². The monoisotopic (exact) mass is 514 g/mol. The van der Waals surface area contributed by atoms with E-state index in [2.05, 4.69) is 20.8 Å². The van der Waals surface area contributed by atoms with E-state index < -0.39 is 48.2 Å². The molecule has 210 valence electrons. The van der Waals surface area contributed by atoms with E-state index in [0.29, 0.717) is 12.8 Å². The van der Waals surface area contributed by atoms with Gasteiger partial charge in [-0.1, -0.05) is 92.4 Å². The number of carbonyl (C=O) groups excluding carboxylic acids is 4. The topological polar surface area (TPSA) is 105 Å². The summed E-state index contributed by atoms with van der Waals surface area (Å²) < 4.78 is 21.7. The highest BCUT2D eigenvalue weighted by Crippen LogP contribution is 2.26. The van der Waals surface area contributed by atoms with Gasteiger partial charge in [0.05, 0.1) is 32.0 Å². The van der Waals surface area contributed by atoms with Gasteiger partial charge in [-0.3, -0.25) is 14.4 Å². The first-order chi connectivity index (χ1) is 17.2. The van der Waals surface area contributed by atoms with E-state index >= 15 is 0 Å². The van der Waals surface area contributed by atoms with Crippen molar-refractivity contribution in [3.8, 4) is 0 Å². The van der Waals surface area contributed by atoms with Gasteiger partial charge in [0.25, 0.3) is 0 Å². The molecule has 0 aliphatic heterocycles. The normalized spacial score (nSPS) is 12.7. The zero-order valence-corrected chi connectivity index (χ0v) is 23.4. The Hall–Kier alpha value is -1.96. The minimum Gasteiger partial charge on any atom is -0.466 e. The maximum Gasteiger partial charge on any atom is 0.339 e. The summed E-state index contributed by atoms with van der Waals surface area (Å²) in [7, 11) is 0. The zero-order chi connectivity index (χ0) is 27.2. The van der Waals surface area contributed by atoms with Crippen LogP contribution in [0.15, 0.2) is 0 Å². The van der Waals surface area contributed by atoms with Gasteiger partial charge in [-0.2, -0.15) is 0 Å². The third-order valence-corrected chi connectivity index (χ3v) is 5.79. The Labute approximate surface area is 218 Å². The Morgan fingerprint density at radius 1 is 0.611 bits per heavy atom. The predicted octanol–water partition coefficient (Wildman–Crippen LogP) is 6.08. The average Bonchev–Trinajstić information content (AvgIpc) is 2.83. The molecule has 0 bridgehead atoms. The zero-order valence-electron chi connectivity index (χ0n) is 23.4. The Kier molecular flexibility index (Phi) is 20.0. The molecule has 0 saturated carbocycles. The second-order valence-electron chi connectivity index (χ2n) is 9.68. The molecule has 0 amide bonds.